The predicted octanol–water partition coefficient (Wildman–Crippen LogP) is 4.52. The summed E-state index contributed by atoms with van der Waals surface area (Å²) in [6.07, 6.45) is 7.04. The third-order valence-corrected chi connectivity index (χ3v) is 4.93. The van der Waals surface area contributed by atoms with E-state index in [1.54, 1.807) is 0 Å². The van der Waals surface area contributed by atoms with Crippen LogP contribution in [0.5, 0.6) is 0 Å². The van der Waals surface area contributed by atoms with Crippen LogP contribution in [-0.4, -0.2) is 24.5 Å². The largest absolute Gasteiger partial charge is 0.464 e. The first-order chi connectivity index (χ1) is 13.0. The smallest absolute Gasteiger partial charge is 0.328 e. The van der Waals surface area contributed by atoms with Gasteiger partial charge in [-0.2, -0.15) is 0 Å². The van der Waals surface area contributed by atoms with Gasteiger partial charge < -0.3 is 10.1 Å². The average molecular weight is 385 g/mol. The highest BCUT2D eigenvalue weighted by molar-refractivity contribution is 5.97. The number of carbonyl (C=O) groups is 2. The van der Waals surface area contributed by atoms with E-state index < -0.39 is 40.9 Å². The molecule has 0 saturated heterocycles. The molecule has 27 heavy (non-hydrogen) atoms. The van der Waals surface area contributed by atoms with Gasteiger partial charge in [-0.3, -0.25) is 4.79 Å². The van der Waals surface area contributed by atoms with E-state index in [0.29, 0.717) is 6.07 Å². The number of nitrogens with one attached hydrogen (secondary N) is 1. The maximum absolute atomic E-state index is 13.9. The van der Waals surface area contributed by atoms with Crippen LogP contribution in [0.3, 0.4) is 0 Å². The minimum atomic E-state index is -1.71. The number of carbonyl (C=O) groups excluding carboxylic acids is 2. The molecule has 1 aliphatic carbocycles. The molecule has 0 heterocycles. The molecule has 1 aromatic rings. The van der Waals surface area contributed by atoms with E-state index in [1.807, 2.05) is 6.92 Å². The third-order valence-electron chi connectivity index (χ3n) is 4.93. The second-order valence-corrected chi connectivity index (χ2v) is 6.95. The van der Waals surface area contributed by atoms with Crippen LogP contribution < -0.4 is 5.32 Å². The van der Waals surface area contributed by atoms with Crippen LogP contribution in [0.25, 0.3) is 0 Å². The van der Waals surface area contributed by atoms with Crippen molar-refractivity contribution >= 4 is 11.9 Å². The molecule has 0 bridgehead atoms. The van der Waals surface area contributed by atoms with Crippen LogP contribution in [0.2, 0.25) is 0 Å². The molecule has 0 aliphatic heterocycles. The number of hydrogen-bond donors (Lipinski definition) is 1. The van der Waals surface area contributed by atoms with E-state index in [2.05, 4.69) is 5.32 Å². The molecule has 0 radical (unpaired) electrons. The van der Waals surface area contributed by atoms with E-state index in [-0.39, 0.29) is 12.5 Å². The van der Waals surface area contributed by atoms with Gasteiger partial charge in [0.25, 0.3) is 5.91 Å². The fourth-order valence-electron chi connectivity index (χ4n) is 3.37. The zero-order valence-corrected chi connectivity index (χ0v) is 15.5. The van der Waals surface area contributed by atoms with Crippen molar-refractivity contribution in [2.75, 3.05) is 6.61 Å². The molecule has 1 saturated carbocycles. The molecule has 1 amide bonds. The summed E-state index contributed by atoms with van der Waals surface area (Å²) in [4.78, 5) is 24.9. The van der Waals surface area contributed by atoms with Gasteiger partial charge in [0, 0.05) is 0 Å². The highest BCUT2D eigenvalue weighted by Gasteiger charge is 2.33. The van der Waals surface area contributed by atoms with E-state index in [4.69, 9.17) is 4.74 Å². The first kappa shape index (κ1) is 21.3. The number of hydrogen-bond acceptors (Lipinski definition) is 3. The lowest BCUT2D eigenvalue weighted by molar-refractivity contribution is -0.148. The quantitative estimate of drug-likeness (QED) is 0.407. The van der Waals surface area contributed by atoms with Gasteiger partial charge in [-0.1, -0.05) is 39.0 Å². The van der Waals surface area contributed by atoms with Gasteiger partial charge in [-0.25, -0.2) is 18.0 Å². The summed E-state index contributed by atoms with van der Waals surface area (Å²) >= 11 is 0. The molecular weight excluding hydrogens is 359 g/mol. The van der Waals surface area contributed by atoms with Gasteiger partial charge in [0.05, 0.1) is 12.2 Å². The lowest BCUT2D eigenvalue weighted by Gasteiger charge is -2.29. The summed E-state index contributed by atoms with van der Waals surface area (Å²) in [6, 6.07) is 0.631. The first-order valence-corrected chi connectivity index (χ1v) is 9.56. The molecule has 150 valence electrons. The Hall–Kier alpha value is -2.05. The van der Waals surface area contributed by atoms with Crippen molar-refractivity contribution in [3.05, 3.63) is 35.1 Å². The van der Waals surface area contributed by atoms with Crippen molar-refractivity contribution in [3.8, 4) is 0 Å². The van der Waals surface area contributed by atoms with Gasteiger partial charge >= 0.3 is 5.97 Å². The number of rotatable bonds is 8. The number of esters is 1. The zero-order chi connectivity index (χ0) is 19.8. The highest BCUT2D eigenvalue weighted by atomic mass is 19.2. The number of amides is 1. The van der Waals surface area contributed by atoms with Crippen LogP contribution in [0, 0.1) is 23.4 Å². The molecule has 1 N–H and O–H groups in total. The molecule has 1 unspecified atom stereocenters. The maximum atomic E-state index is 13.9. The molecule has 1 fully saturated rings. The van der Waals surface area contributed by atoms with Crippen LogP contribution in [-0.2, 0) is 9.53 Å². The van der Waals surface area contributed by atoms with Gasteiger partial charge in [-0.15, -0.1) is 0 Å². The van der Waals surface area contributed by atoms with Crippen molar-refractivity contribution in [1.82, 2.24) is 5.32 Å². The number of ether oxygens (including phenoxy) is 1. The molecular formula is C20H26F3NO3. The molecule has 0 aromatic heterocycles. The van der Waals surface area contributed by atoms with Crippen LogP contribution in [0.4, 0.5) is 13.2 Å². The molecule has 0 spiro atoms. The molecule has 2 rings (SSSR count). The van der Waals surface area contributed by atoms with Gasteiger partial charge in [0.15, 0.2) is 17.5 Å². The Kier molecular flexibility index (Phi) is 8.13. The highest BCUT2D eigenvalue weighted by Crippen LogP contribution is 2.27. The summed E-state index contributed by atoms with van der Waals surface area (Å²) in [5.74, 6) is -6.27. The second kappa shape index (κ2) is 10.3. The standard InChI is InChI=1S/C20H26F3NO3/c1-2-3-7-12-27-20(26)18(13-8-5-4-6-9-13)24-19(25)14-10-11-15(21)17(23)16(14)22/h10-11,13,18H,2-9,12H2,1H3,(H,24,25). The monoisotopic (exact) mass is 385 g/mol. The van der Waals surface area contributed by atoms with Crippen molar-refractivity contribution in [2.24, 2.45) is 5.92 Å². The topological polar surface area (TPSA) is 55.4 Å². The number of halogens is 3. The number of benzene rings is 1. The van der Waals surface area contributed by atoms with Crippen molar-refractivity contribution in [3.63, 3.8) is 0 Å². The average Bonchev–Trinajstić information content (AvgIpc) is 2.68. The molecule has 4 nitrogen and oxygen atoms in total. The predicted molar refractivity (Wildman–Crippen MR) is 94.6 cm³/mol. The summed E-state index contributed by atoms with van der Waals surface area (Å²) in [6.45, 7) is 2.29. The Labute approximate surface area is 157 Å². The summed E-state index contributed by atoms with van der Waals surface area (Å²) in [5, 5.41) is 2.49. The molecule has 7 heteroatoms. The maximum Gasteiger partial charge on any atom is 0.328 e. The molecule has 1 atom stereocenters. The van der Waals surface area contributed by atoms with Gasteiger partial charge in [0.1, 0.15) is 6.04 Å². The Morgan fingerprint density at radius 2 is 1.81 bits per heavy atom. The molecule has 1 aliphatic rings. The summed E-state index contributed by atoms with van der Waals surface area (Å²) < 4.78 is 45.7. The summed E-state index contributed by atoms with van der Waals surface area (Å²) in [7, 11) is 0. The summed E-state index contributed by atoms with van der Waals surface area (Å²) in [5.41, 5.74) is -0.631. The Morgan fingerprint density at radius 3 is 2.48 bits per heavy atom. The fraction of sp³-hybridized carbons (Fsp3) is 0.600. The van der Waals surface area contributed by atoms with E-state index in [9.17, 15) is 22.8 Å². The minimum absolute atomic E-state index is 0.116. The SMILES string of the molecule is CCCCCOC(=O)C(NC(=O)c1ccc(F)c(F)c1F)C1CCCCC1. The van der Waals surface area contributed by atoms with Crippen LogP contribution in [0.1, 0.15) is 68.6 Å². The van der Waals surface area contributed by atoms with Crippen LogP contribution >= 0.6 is 0 Å². The molecule has 1 aromatic carbocycles. The van der Waals surface area contributed by atoms with E-state index >= 15 is 0 Å². The van der Waals surface area contributed by atoms with E-state index in [1.165, 1.54) is 0 Å². The van der Waals surface area contributed by atoms with Crippen molar-refractivity contribution in [1.29, 1.82) is 0 Å². The van der Waals surface area contributed by atoms with Crippen molar-refractivity contribution in [2.45, 2.75) is 64.3 Å². The lowest BCUT2D eigenvalue weighted by Crippen LogP contribution is -2.47. The Morgan fingerprint density at radius 1 is 1.11 bits per heavy atom. The fourth-order valence-corrected chi connectivity index (χ4v) is 3.37. The lowest BCUT2D eigenvalue weighted by atomic mass is 9.83. The second-order valence-electron chi connectivity index (χ2n) is 6.95. The zero-order valence-electron chi connectivity index (χ0n) is 15.5. The first-order valence-electron chi connectivity index (χ1n) is 9.56. The number of unbranched alkanes of at least 4 members (excludes halogenated alkanes) is 2. The normalized spacial score (nSPS) is 16.0. The Balaban J connectivity index is 2.11. The minimum Gasteiger partial charge on any atom is -0.464 e. The third kappa shape index (κ3) is 5.71. The van der Waals surface area contributed by atoms with Crippen molar-refractivity contribution < 1.29 is 27.5 Å². The van der Waals surface area contributed by atoms with Gasteiger partial charge in [-0.05, 0) is 37.3 Å². The van der Waals surface area contributed by atoms with E-state index in [0.717, 1.165) is 57.4 Å². The van der Waals surface area contributed by atoms with Gasteiger partial charge in [0.2, 0.25) is 0 Å². The van der Waals surface area contributed by atoms with Crippen LogP contribution in [0.15, 0.2) is 12.1 Å². The Bertz CT molecular complexity index is 660.